The normalized spacial score (nSPS) is 23.0. The molecule has 98 valence electrons. The molecule has 0 aliphatic heterocycles. The topological polar surface area (TPSA) is 78.4 Å². The Hall–Kier alpha value is -0.890. The number of nitro groups is 1. The number of benzene rings is 1. The number of nitrogens with zero attached hydrogens (tertiary/aromatic N) is 1. The number of ether oxygens (including phenoxy) is 1. The average Bonchev–Trinajstić information content (AvgIpc) is 2.78. The maximum Gasteiger partial charge on any atom is 0.311 e. The van der Waals surface area contributed by atoms with E-state index in [1.165, 1.54) is 6.07 Å². The number of halogens is 1. The molecule has 6 heteroatoms. The number of nitro benzene ring substituents is 1. The van der Waals surface area contributed by atoms with Gasteiger partial charge in [-0.25, -0.2) is 0 Å². The number of nitrogens with two attached hydrogens (primary N) is 1. The lowest BCUT2D eigenvalue weighted by molar-refractivity contribution is -0.386. The summed E-state index contributed by atoms with van der Waals surface area (Å²) in [7, 11) is 0. The fraction of sp³-hybridized carbons (Fsp3) is 0.500. The van der Waals surface area contributed by atoms with E-state index in [-0.39, 0.29) is 11.8 Å². The third-order valence-corrected chi connectivity index (χ3v) is 3.96. The highest BCUT2D eigenvalue weighted by Crippen LogP contribution is 2.34. The van der Waals surface area contributed by atoms with Crippen LogP contribution in [-0.2, 0) is 0 Å². The lowest BCUT2D eigenvalue weighted by Crippen LogP contribution is -2.27. The third kappa shape index (κ3) is 2.92. The van der Waals surface area contributed by atoms with Crippen molar-refractivity contribution < 1.29 is 9.66 Å². The Labute approximate surface area is 119 Å². The van der Waals surface area contributed by atoms with Gasteiger partial charge in [-0.2, -0.15) is 0 Å². The Balaban J connectivity index is 2.20. The Kier molecular flexibility index (Phi) is 4.39. The first-order chi connectivity index (χ1) is 8.61. The van der Waals surface area contributed by atoms with Gasteiger partial charge in [0.15, 0.2) is 5.75 Å². The molecule has 1 aromatic carbocycles. The van der Waals surface area contributed by atoms with Crippen LogP contribution in [0.4, 0.5) is 5.69 Å². The summed E-state index contributed by atoms with van der Waals surface area (Å²) in [5.41, 5.74) is 5.72. The summed E-state index contributed by atoms with van der Waals surface area (Å²) < 4.78 is 6.63. The summed E-state index contributed by atoms with van der Waals surface area (Å²) in [6.45, 7) is 0.572. The molecule has 2 N–H and O–H groups in total. The highest BCUT2D eigenvalue weighted by atomic mass is 127. The van der Waals surface area contributed by atoms with Gasteiger partial charge in [0.05, 0.1) is 4.92 Å². The van der Waals surface area contributed by atoms with Gasteiger partial charge in [0, 0.05) is 15.6 Å². The molecule has 1 saturated carbocycles. The van der Waals surface area contributed by atoms with E-state index in [9.17, 15) is 10.1 Å². The van der Waals surface area contributed by atoms with E-state index in [0.717, 1.165) is 22.8 Å². The quantitative estimate of drug-likeness (QED) is 0.508. The van der Waals surface area contributed by atoms with E-state index in [2.05, 4.69) is 22.6 Å². The summed E-state index contributed by atoms with van der Waals surface area (Å²) in [4.78, 5) is 10.6. The van der Waals surface area contributed by atoms with Crippen LogP contribution in [0.1, 0.15) is 19.3 Å². The molecular formula is C12H15IN2O3. The van der Waals surface area contributed by atoms with E-state index >= 15 is 0 Å². The Morgan fingerprint density at radius 2 is 2.28 bits per heavy atom. The van der Waals surface area contributed by atoms with Crippen molar-refractivity contribution in [2.24, 2.45) is 11.7 Å². The van der Waals surface area contributed by atoms with Gasteiger partial charge in [0.25, 0.3) is 0 Å². The summed E-state index contributed by atoms with van der Waals surface area (Å²) in [5, 5.41) is 11.0. The summed E-state index contributed by atoms with van der Waals surface area (Å²) in [5.74, 6) is 0.662. The van der Waals surface area contributed by atoms with Crippen molar-refractivity contribution in [1.82, 2.24) is 0 Å². The molecule has 1 aromatic rings. The van der Waals surface area contributed by atoms with Crippen LogP contribution in [-0.4, -0.2) is 17.6 Å². The smallest absolute Gasteiger partial charge is 0.311 e. The molecule has 0 aromatic heterocycles. The Bertz CT molecular complexity index is 453. The zero-order chi connectivity index (χ0) is 13.1. The van der Waals surface area contributed by atoms with E-state index in [0.29, 0.717) is 18.2 Å². The minimum atomic E-state index is -0.399. The summed E-state index contributed by atoms with van der Waals surface area (Å²) >= 11 is 2.05. The van der Waals surface area contributed by atoms with E-state index in [1.54, 1.807) is 6.07 Å². The van der Waals surface area contributed by atoms with Gasteiger partial charge in [-0.05, 0) is 60.5 Å². The molecule has 0 radical (unpaired) electrons. The SMILES string of the molecule is NC[C@@H]1CCC[C@@H]1Oc1ccc(I)cc1[N+](=O)[O-]. The lowest BCUT2D eigenvalue weighted by Gasteiger charge is -2.19. The molecule has 0 amide bonds. The predicted molar refractivity (Wildman–Crippen MR) is 76.6 cm³/mol. The van der Waals surface area contributed by atoms with Crippen LogP contribution in [0.5, 0.6) is 5.75 Å². The minimum Gasteiger partial charge on any atom is -0.483 e. The fourth-order valence-electron chi connectivity index (χ4n) is 2.32. The van der Waals surface area contributed by atoms with Gasteiger partial charge in [-0.15, -0.1) is 0 Å². The first kappa shape index (κ1) is 13.5. The van der Waals surface area contributed by atoms with Crippen LogP contribution < -0.4 is 10.5 Å². The van der Waals surface area contributed by atoms with Gasteiger partial charge >= 0.3 is 5.69 Å². The van der Waals surface area contributed by atoms with Gasteiger partial charge in [0.1, 0.15) is 6.10 Å². The molecule has 2 rings (SSSR count). The second kappa shape index (κ2) is 5.83. The molecule has 1 fully saturated rings. The van der Waals surface area contributed by atoms with E-state index < -0.39 is 4.92 Å². The molecule has 0 saturated heterocycles. The molecule has 1 aliphatic carbocycles. The van der Waals surface area contributed by atoms with Gasteiger partial charge in [0.2, 0.25) is 0 Å². The highest BCUT2D eigenvalue weighted by molar-refractivity contribution is 14.1. The molecule has 0 spiro atoms. The van der Waals surface area contributed by atoms with Crippen LogP contribution in [0, 0.1) is 19.6 Å². The monoisotopic (exact) mass is 362 g/mol. The van der Waals surface area contributed by atoms with Crippen LogP contribution in [0.3, 0.4) is 0 Å². The van der Waals surface area contributed by atoms with Gasteiger partial charge in [-0.3, -0.25) is 10.1 Å². The maximum atomic E-state index is 11.0. The van der Waals surface area contributed by atoms with Crippen molar-refractivity contribution in [3.63, 3.8) is 0 Å². The first-order valence-electron chi connectivity index (χ1n) is 5.92. The molecule has 1 aliphatic rings. The van der Waals surface area contributed by atoms with Crippen molar-refractivity contribution in [3.05, 3.63) is 31.9 Å². The fourth-order valence-corrected chi connectivity index (χ4v) is 2.80. The molecule has 0 bridgehead atoms. The van der Waals surface area contributed by atoms with Crippen molar-refractivity contribution in [1.29, 1.82) is 0 Å². The second-order valence-electron chi connectivity index (χ2n) is 4.45. The molecule has 18 heavy (non-hydrogen) atoms. The lowest BCUT2D eigenvalue weighted by atomic mass is 10.1. The van der Waals surface area contributed by atoms with Gasteiger partial charge in [-0.1, -0.05) is 0 Å². The molecule has 0 heterocycles. The first-order valence-corrected chi connectivity index (χ1v) is 7.00. The van der Waals surface area contributed by atoms with Crippen molar-refractivity contribution in [3.8, 4) is 5.75 Å². The number of hydrogen-bond acceptors (Lipinski definition) is 4. The van der Waals surface area contributed by atoms with Crippen LogP contribution >= 0.6 is 22.6 Å². The predicted octanol–water partition coefficient (Wildman–Crippen LogP) is 2.71. The zero-order valence-corrected chi connectivity index (χ0v) is 12.0. The standard InChI is InChI=1S/C12H15IN2O3/c13-9-4-5-12(10(6-9)15(16)17)18-11-3-1-2-8(11)7-14/h4-6,8,11H,1-3,7,14H2/t8-,11-/m0/s1. The van der Waals surface area contributed by atoms with Crippen molar-refractivity contribution in [2.75, 3.05) is 6.54 Å². The molecule has 2 atom stereocenters. The van der Waals surface area contributed by atoms with Gasteiger partial charge < -0.3 is 10.5 Å². The molecular weight excluding hydrogens is 347 g/mol. The van der Waals surface area contributed by atoms with E-state index in [4.69, 9.17) is 10.5 Å². The highest BCUT2D eigenvalue weighted by Gasteiger charge is 2.29. The van der Waals surface area contributed by atoms with Crippen LogP contribution in [0.15, 0.2) is 18.2 Å². The third-order valence-electron chi connectivity index (χ3n) is 3.29. The van der Waals surface area contributed by atoms with E-state index in [1.807, 2.05) is 6.07 Å². The Morgan fingerprint density at radius 1 is 1.50 bits per heavy atom. The molecule has 0 unspecified atom stereocenters. The van der Waals surface area contributed by atoms with Crippen molar-refractivity contribution in [2.45, 2.75) is 25.4 Å². The maximum absolute atomic E-state index is 11.0. The Morgan fingerprint density at radius 3 is 2.94 bits per heavy atom. The largest absolute Gasteiger partial charge is 0.483 e. The average molecular weight is 362 g/mol. The summed E-state index contributed by atoms with van der Waals surface area (Å²) in [6.07, 6.45) is 3.04. The summed E-state index contributed by atoms with van der Waals surface area (Å²) in [6, 6.07) is 5.02. The zero-order valence-electron chi connectivity index (χ0n) is 9.84. The van der Waals surface area contributed by atoms with Crippen LogP contribution in [0.25, 0.3) is 0 Å². The molecule has 5 nitrogen and oxygen atoms in total. The second-order valence-corrected chi connectivity index (χ2v) is 5.70. The number of hydrogen-bond donors (Lipinski definition) is 1. The minimum absolute atomic E-state index is 0.00811. The van der Waals surface area contributed by atoms with Crippen molar-refractivity contribution >= 4 is 28.3 Å². The number of rotatable bonds is 4. The van der Waals surface area contributed by atoms with Crippen LogP contribution in [0.2, 0.25) is 0 Å².